The zero-order chi connectivity index (χ0) is 33.5. The molecular weight excluding hydrogens is 619 g/mol. The van der Waals surface area contributed by atoms with Gasteiger partial charge in [0.1, 0.15) is 18.8 Å². The lowest BCUT2D eigenvalue weighted by molar-refractivity contribution is -0.131. The van der Waals surface area contributed by atoms with Crippen LogP contribution in [0.1, 0.15) is 24.8 Å². The van der Waals surface area contributed by atoms with E-state index in [0.29, 0.717) is 63.0 Å². The van der Waals surface area contributed by atoms with E-state index in [1.807, 2.05) is 59.6 Å². The van der Waals surface area contributed by atoms with E-state index in [4.69, 9.17) is 20.1 Å². The molecule has 1 unspecified atom stereocenters. The Labute approximate surface area is 276 Å². The molecule has 2 fully saturated rings. The number of carboxylic acid groups (broad SMARTS) is 1. The van der Waals surface area contributed by atoms with Crippen LogP contribution in [0.3, 0.4) is 0 Å². The van der Waals surface area contributed by atoms with Crippen molar-refractivity contribution < 1.29 is 23.8 Å². The summed E-state index contributed by atoms with van der Waals surface area (Å²) in [6.07, 6.45) is 3.71. The minimum Gasteiger partial charge on any atom is -0.492 e. The van der Waals surface area contributed by atoms with Crippen molar-refractivity contribution in [3.8, 4) is 23.2 Å². The summed E-state index contributed by atoms with van der Waals surface area (Å²) >= 11 is 0. The number of benzene rings is 1. The topological polar surface area (TPSA) is 164 Å². The van der Waals surface area contributed by atoms with Crippen molar-refractivity contribution in [1.82, 2.24) is 34.7 Å². The lowest BCUT2D eigenvalue weighted by Crippen LogP contribution is -2.47. The number of pyridine rings is 1. The van der Waals surface area contributed by atoms with Gasteiger partial charge in [-0.1, -0.05) is 18.2 Å². The number of piperidine rings is 1. The van der Waals surface area contributed by atoms with Gasteiger partial charge in [-0.15, -0.1) is 0 Å². The minimum atomic E-state index is -1.08. The predicted molar refractivity (Wildman–Crippen MR) is 175 cm³/mol. The predicted octanol–water partition coefficient (Wildman–Crippen LogP) is 3.22. The van der Waals surface area contributed by atoms with E-state index >= 15 is 4.39 Å². The Morgan fingerprint density at radius 3 is 2.67 bits per heavy atom. The summed E-state index contributed by atoms with van der Waals surface area (Å²) in [7, 11) is 0. The highest BCUT2D eigenvalue weighted by atomic mass is 19.1. The van der Waals surface area contributed by atoms with Gasteiger partial charge in [0.15, 0.2) is 17.5 Å². The Bertz CT molecular complexity index is 1790. The van der Waals surface area contributed by atoms with Crippen LogP contribution < -0.4 is 20.3 Å². The molecular formula is C33H37FN10O4. The van der Waals surface area contributed by atoms with Crippen LogP contribution in [0.25, 0.3) is 16.9 Å². The monoisotopic (exact) mass is 656 g/mol. The Hall–Kier alpha value is -5.49. The molecule has 0 spiro atoms. The molecule has 0 bridgehead atoms. The molecule has 15 heteroatoms. The van der Waals surface area contributed by atoms with Gasteiger partial charge < -0.3 is 30.3 Å². The highest BCUT2D eigenvalue weighted by molar-refractivity contribution is 5.79. The number of halogens is 1. The highest BCUT2D eigenvalue weighted by Crippen LogP contribution is 2.31. The molecule has 2 amide bonds. The molecule has 0 saturated carbocycles. The molecule has 0 aliphatic carbocycles. The molecule has 14 nitrogen and oxygen atoms in total. The van der Waals surface area contributed by atoms with Crippen molar-refractivity contribution in [2.45, 2.75) is 31.8 Å². The Morgan fingerprint density at radius 1 is 1.08 bits per heavy atom. The number of ether oxygens (including phenoxy) is 1. The third kappa shape index (κ3) is 7.72. The Kier molecular flexibility index (Phi) is 10.1. The first-order valence-electron chi connectivity index (χ1n) is 16.0. The van der Waals surface area contributed by atoms with E-state index in [9.17, 15) is 9.59 Å². The number of fused-ring (bicyclic) bond motifs is 1. The number of rotatable bonds is 11. The molecule has 4 aromatic rings. The lowest BCUT2D eigenvalue weighted by atomic mass is 10.1. The maximum atomic E-state index is 16.3. The molecule has 2 aliphatic heterocycles. The number of hydrogen-bond acceptors (Lipinski definition) is 10. The van der Waals surface area contributed by atoms with Gasteiger partial charge in [0.25, 0.3) is 0 Å². The van der Waals surface area contributed by atoms with Gasteiger partial charge in [0.2, 0.25) is 11.7 Å². The van der Waals surface area contributed by atoms with Crippen LogP contribution in [0.2, 0.25) is 0 Å². The molecule has 2 aliphatic rings. The van der Waals surface area contributed by atoms with E-state index < -0.39 is 11.9 Å². The van der Waals surface area contributed by atoms with Gasteiger partial charge in [-0.3, -0.25) is 9.69 Å². The Morgan fingerprint density at radius 2 is 1.90 bits per heavy atom. The summed E-state index contributed by atoms with van der Waals surface area (Å²) < 4.78 is 23.6. The number of nitrogens with zero attached hydrogens (tertiary/aromatic N) is 8. The average molecular weight is 657 g/mol. The number of nitriles is 1. The standard InChI is InChI=1S/C33H37FN10O4/c34-29-31(38-24-4-3-13-43(22-24)28(45)10-11-35)39-30(26-20-37-44-14-2-1-5-27(26)44)40-32(29)42-17-15-41(16-18-42)21-23-6-8-25(9-7-23)48-19-12-36-33(46)47/h1-2,5-9,14,20,24,36H,3-4,10,12-13,15-19,21-22H2,(H,46,47)(H,38,39,40). The smallest absolute Gasteiger partial charge is 0.404 e. The van der Waals surface area contributed by atoms with E-state index in [1.54, 1.807) is 15.6 Å². The summed E-state index contributed by atoms with van der Waals surface area (Å²) in [6.45, 7) is 4.58. The van der Waals surface area contributed by atoms with Gasteiger partial charge in [-0.05, 0) is 42.7 Å². The molecule has 0 radical (unpaired) electrons. The van der Waals surface area contributed by atoms with E-state index in [-0.39, 0.29) is 43.2 Å². The van der Waals surface area contributed by atoms with Gasteiger partial charge in [-0.25, -0.2) is 19.3 Å². The lowest BCUT2D eigenvalue weighted by Gasteiger charge is -2.36. The normalized spacial score (nSPS) is 16.8. The number of nitrogens with one attached hydrogen (secondary N) is 2. The number of hydrogen-bond donors (Lipinski definition) is 3. The molecule has 6 rings (SSSR count). The molecule has 3 N–H and O–H groups in total. The average Bonchev–Trinajstić information content (AvgIpc) is 3.53. The fraction of sp³-hybridized carbons (Fsp3) is 0.394. The van der Waals surface area contributed by atoms with E-state index in [2.05, 4.69) is 25.6 Å². The fourth-order valence-electron chi connectivity index (χ4n) is 6.06. The number of amides is 2. The molecule has 1 aromatic carbocycles. The van der Waals surface area contributed by atoms with Gasteiger partial charge in [0.05, 0.1) is 29.9 Å². The van der Waals surface area contributed by atoms with E-state index in [0.717, 1.165) is 23.9 Å². The number of likely N-dealkylation sites (tertiary alicyclic amines) is 1. The molecule has 2 saturated heterocycles. The SMILES string of the molecule is N#CCC(=O)N1CCCC(Nc2nc(-c3cnn4ccccc34)nc(N3CCN(Cc4ccc(OCCNC(=O)O)cc4)CC3)c2F)C1. The number of aromatic nitrogens is 4. The minimum absolute atomic E-state index is 0.0772. The summed E-state index contributed by atoms with van der Waals surface area (Å²) in [5, 5.41) is 27.6. The fourth-order valence-corrected chi connectivity index (χ4v) is 6.06. The van der Waals surface area contributed by atoms with Crippen LogP contribution in [0.4, 0.5) is 20.8 Å². The maximum absolute atomic E-state index is 16.3. The van der Waals surface area contributed by atoms with Crippen LogP contribution in [0.5, 0.6) is 5.75 Å². The quantitative estimate of drug-likeness (QED) is 0.203. The van der Waals surface area contributed by atoms with Crippen LogP contribution in [0.15, 0.2) is 54.9 Å². The Balaban J connectivity index is 1.16. The van der Waals surface area contributed by atoms with Crippen LogP contribution in [-0.4, -0.2) is 105 Å². The number of piperazine rings is 1. The zero-order valence-corrected chi connectivity index (χ0v) is 26.4. The number of carbonyl (C=O) groups excluding carboxylic acids is 1. The molecule has 3 aromatic heterocycles. The van der Waals surface area contributed by atoms with Crippen LogP contribution in [0, 0.1) is 17.1 Å². The van der Waals surface area contributed by atoms with Crippen molar-refractivity contribution in [2.24, 2.45) is 0 Å². The van der Waals surface area contributed by atoms with Crippen molar-refractivity contribution in [3.63, 3.8) is 0 Å². The first-order chi connectivity index (χ1) is 23.4. The van der Waals surface area contributed by atoms with Crippen LogP contribution >= 0.6 is 0 Å². The largest absolute Gasteiger partial charge is 0.492 e. The highest BCUT2D eigenvalue weighted by Gasteiger charge is 2.29. The van der Waals surface area contributed by atoms with Crippen molar-refractivity contribution >= 4 is 29.2 Å². The van der Waals surface area contributed by atoms with Crippen LogP contribution in [-0.2, 0) is 11.3 Å². The third-order valence-corrected chi connectivity index (χ3v) is 8.49. The molecule has 48 heavy (non-hydrogen) atoms. The van der Waals surface area contributed by atoms with Gasteiger partial charge in [0, 0.05) is 58.1 Å². The van der Waals surface area contributed by atoms with Crippen molar-refractivity contribution in [2.75, 3.05) is 62.6 Å². The second-order valence-electron chi connectivity index (χ2n) is 11.8. The third-order valence-electron chi connectivity index (χ3n) is 8.49. The molecule has 5 heterocycles. The second kappa shape index (κ2) is 14.9. The zero-order valence-electron chi connectivity index (χ0n) is 26.4. The van der Waals surface area contributed by atoms with Gasteiger partial charge in [-0.2, -0.15) is 14.8 Å². The van der Waals surface area contributed by atoms with Crippen molar-refractivity contribution in [1.29, 1.82) is 5.26 Å². The first kappa shape index (κ1) is 32.5. The second-order valence-corrected chi connectivity index (χ2v) is 11.8. The van der Waals surface area contributed by atoms with E-state index in [1.165, 1.54) is 0 Å². The number of anilines is 2. The van der Waals surface area contributed by atoms with Crippen molar-refractivity contribution in [3.05, 3.63) is 66.2 Å². The van der Waals surface area contributed by atoms with Gasteiger partial charge >= 0.3 is 6.09 Å². The summed E-state index contributed by atoms with van der Waals surface area (Å²) in [4.78, 5) is 38.3. The summed E-state index contributed by atoms with van der Waals surface area (Å²) in [6, 6.07) is 15.1. The first-order valence-corrected chi connectivity index (χ1v) is 16.0. The summed E-state index contributed by atoms with van der Waals surface area (Å²) in [5.74, 6) is 0.534. The summed E-state index contributed by atoms with van der Waals surface area (Å²) in [5.41, 5.74) is 2.58. The number of carbonyl (C=O) groups is 2. The molecule has 250 valence electrons. The molecule has 1 atom stereocenters. The maximum Gasteiger partial charge on any atom is 0.404 e.